The molecule has 0 spiro atoms. The average molecular weight is 803 g/mol. The highest BCUT2D eigenvalue weighted by atomic mass is 32.2. The second-order valence-electron chi connectivity index (χ2n) is 15.0. The summed E-state index contributed by atoms with van der Waals surface area (Å²) in [6.07, 6.45) is 17.6. The Morgan fingerprint density at radius 3 is 1.27 bits per heavy atom. The molecule has 286 valence electrons. The van der Waals surface area contributed by atoms with Crippen molar-refractivity contribution in [3.8, 4) is 32.0 Å². The van der Waals surface area contributed by atoms with Gasteiger partial charge in [0.2, 0.25) is 0 Å². The number of fused-ring (bicyclic) bond motifs is 3. The Morgan fingerprint density at radius 2 is 0.855 bits per heavy atom. The Hall–Kier alpha value is -3.42. The fourth-order valence-corrected chi connectivity index (χ4v) is 13.2. The van der Waals surface area contributed by atoms with Gasteiger partial charge in [-0.2, -0.15) is 0 Å². The molecule has 55 heavy (non-hydrogen) atoms. The maximum atomic E-state index is 13.5. The quantitative estimate of drug-likeness (QED) is 0.0721. The fraction of sp³-hybridized carbons (Fsp3) is 0.347. The minimum absolute atomic E-state index is 0.0773. The van der Waals surface area contributed by atoms with Gasteiger partial charge in [-0.1, -0.05) is 152 Å². The lowest BCUT2D eigenvalue weighted by atomic mass is 9.70. The van der Waals surface area contributed by atoms with Crippen LogP contribution < -0.4 is 0 Å². The zero-order valence-electron chi connectivity index (χ0n) is 32.4. The number of benzene rings is 4. The summed E-state index contributed by atoms with van der Waals surface area (Å²) in [6, 6.07) is 42.3. The SMILES string of the molecule is CCCCCCCCC1(CCCCCCCC)c2cc(-c3ccc(S(=O)c4ccccc4)s3)ccc2-c2ccc(-c3ccc(S(=O)c4ccccc4)s3)cc21. The number of hydrogen-bond donors (Lipinski definition) is 0. The van der Waals surface area contributed by atoms with Gasteiger partial charge in [-0.3, -0.25) is 0 Å². The van der Waals surface area contributed by atoms with Crippen LogP contribution in [0.4, 0.5) is 0 Å². The molecule has 0 fully saturated rings. The third-order valence-electron chi connectivity index (χ3n) is 11.3. The Morgan fingerprint density at radius 1 is 0.455 bits per heavy atom. The predicted molar refractivity (Wildman–Crippen MR) is 238 cm³/mol. The lowest BCUT2D eigenvalue weighted by molar-refractivity contribution is 0.398. The van der Waals surface area contributed by atoms with Crippen molar-refractivity contribution in [2.75, 3.05) is 0 Å². The molecule has 2 aromatic heterocycles. The molecule has 6 heteroatoms. The van der Waals surface area contributed by atoms with Crippen LogP contribution in [0.25, 0.3) is 32.0 Å². The van der Waals surface area contributed by atoms with Crippen molar-refractivity contribution in [2.24, 2.45) is 0 Å². The van der Waals surface area contributed by atoms with Gasteiger partial charge in [-0.25, -0.2) is 8.42 Å². The van der Waals surface area contributed by atoms with E-state index in [0.717, 1.165) is 31.1 Å². The molecule has 7 rings (SSSR count). The number of thiophene rings is 2. The number of rotatable bonds is 20. The summed E-state index contributed by atoms with van der Waals surface area (Å²) >= 11 is 3.31. The predicted octanol–water partition coefficient (Wildman–Crippen LogP) is 15.2. The molecule has 0 saturated heterocycles. The summed E-state index contributed by atoms with van der Waals surface area (Å²) in [5, 5.41) is 0. The molecular weight excluding hydrogens is 749 g/mol. The smallest absolute Gasteiger partial charge is 0.0966 e. The van der Waals surface area contributed by atoms with Crippen molar-refractivity contribution in [1.82, 2.24) is 0 Å². The minimum atomic E-state index is -1.20. The van der Waals surface area contributed by atoms with Crippen LogP contribution in [0.15, 0.2) is 140 Å². The Kier molecular flexibility index (Phi) is 13.9. The van der Waals surface area contributed by atoms with E-state index in [9.17, 15) is 8.42 Å². The van der Waals surface area contributed by atoms with E-state index in [0.29, 0.717) is 0 Å². The molecule has 2 atom stereocenters. The Balaban J connectivity index is 1.27. The summed E-state index contributed by atoms with van der Waals surface area (Å²) in [5.41, 5.74) is 8.02. The van der Waals surface area contributed by atoms with Crippen LogP contribution in [0.5, 0.6) is 0 Å². The Labute approximate surface area is 342 Å². The molecule has 0 bridgehead atoms. The molecule has 2 heterocycles. The molecular formula is C49H54O2S4. The molecule has 0 saturated carbocycles. The third-order valence-corrected chi connectivity index (χ3v) is 17.0. The first-order chi connectivity index (χ1) is 27.0. The average Bonchev–Trinajstić information content (AvgIpc) is 3.99. The molecule has 1 aliphatic rings. The maximum Gasteiger partial charge on any atom is 0.0966 e. The number of unbranched alkanes of at least 4 members (excludes halogenated alkanes) is 10. The molecule has 0 aliphatic heterocycles. The van der Waals surface area contributed by atoms with Gasteiger partial charge in [-0.15, -0.1) is 22.7 Å². The maximum absolute atomic E-state index is 13.5. The second kappa shape index (κ2) is 19.1. The molecule has 2 unspecified atom stereocenters. The zero-order valence-corrected chi connectivity index (χ0v) is 35.7. The van der Waals surface area contributed by atoms with Crippen LogP contribution in [0.2, 0.25) is 0 Å². The van der Waals surface area contributed by atoms with Crippen LogP contribution >= 0.6 is 22.7 Å². The van der Waals surface area contributed by atoms with Gasteiger partial charge in [0.1, 0.15) is 0 Å². The van der Waals surface area contributed by atoms with E-state index in [1.807, 2.05) is 60.7 Å². The van der Waals surface area contributed by atoms with Crippen molar-refractivity contribution >= 4 is 44.3 Å². The normalized spacial score (nSPS) is 14.1. The topological polar surface area (TPSA) is 34.1 Å². The van der Waals surface area contributed by atoms with Crippen LogP contribution in [-0.4, -0.2) is 8.42 Å². The highest BCUT2D eigenvalue weighted by Crippen LogP contribution is 2.56. The van der Waals surface area contributed by atoms with Crippen molar-refractivity contribution in [2.45, 2.75) is 127 Å². The van der Waals surface area contributed by atoms with Gasteiger partial charge in [0.05, 0.1) is 30.0 Å². The first-order valence-corrected chi connectivity index (χ1v) is 24.4. The monoisotopic (exact) mass is 802 g/mol. The van der Waals surface area contributed by atoms with E-state index in [-0.39, 0.29) is 5.41 Å². The van der Waals surface area contributed by atoms with E-state index in [1.54, 1.807) is 22.7 Å². The summed E-state index contributed by atoms with van der Waals surface area (Å²) < 4.78 is 28.8. The van der Waals surface area contributed by atoms with Crippen LogP contribution in [-0.2, 0) is 27.0 Å². The van der Waals surface area contributed by atoms with E-state index >= 15 is 0 Å². The van der Waals surface area contributed by atoms with E-state index < -0.39 is 21.6 Å². The summed E-state index contributed by atoms with van der Waals surface area (Å²) in [6.45, 7) is 4.59. The minimum Gasteiger partial charge on any atom is -0.248 e. The Bertz CT molecular complexity index is 2040. The van der Waals surface area contributed by atoms with E-state index in [4.69, 9.17) is 0 Å². The first kappa shape index (κ1) is 39.8. The molecule has 0 amide bonds. The van der Waals surface area contributed by atoms with Gasteiger partial charge < -0.3 is 0 Å². The first-order valence-electron chi connectivity index (χ1n) is 20.5. The largest absolute Gasteiger partial charge is 0.248 e. The fourth-order valence-electron chi connectivity index (χ4n) is 8.35. The van der Waals surface area contributed by atoms with Crippen LogP contribution in [0.3, 0.4) is 0 Å². The summed E-state index contributed by atoms with van der Waals surface area (Å²) in [5.74, 6) is 0. The van der Waals surface area contributed by atoms with Crippen LogP contribution in [0, 0.1) is 0 Å². The van der Waals surface area contributed by atoms with Gasteiger partial charge in [0.25, 0.3) is 0 Å². The molecule has 0 radical (unpaired) electrons. The molecule has 0 N–H and O–H groups in total. The number of hydrogen-bond acceptors (Lipinski definition) is 4. The van der Waals surface area contributed by atoms with Crippen molar-refractivity contribution < 1.29 is 8.42 Å². The summed E-state index contributed by atoms with van der Waals surface area (Å²) in [7, 11) is -2.39. The lowest BCUT2D eigenvalue weighted by Gasteiger charge is -2.33. The summed E-state index contributed by atoms with van der Waals surface area (Å²) in [4.78, 5) is 4.03. The molecule has 6 aromatic rings. The van der Waals surface area contributed by atoms with Crippen molar-refractivity contribution in [3.63, 3.8) is 0 Å². The highest BCUT2D eigenvalue weighted by molar-refractivity contribution is 7.87. The van der Waals surface area contributed by atoms with Crippen LogP contribution in [0.1, 0.15) is 115 Å². The molecule has 4 aromatic carbocycles. The highest BCUT2D eigenvalue weighted by Gasteiger charge is 2.42. The molecule has 1 aliphatic carbocycles. The lowest BCUT2D eigenvalue weighted by Crippen LogP contribution is -2.25. The van der Waals surface area contributed by atoms with E-state index in [2.05, 4.69) is 74.5 Å². The van der Waals surface area contributed by atoms with Gasteiger partial charge in [-0.05, 0) is 107 Å². The zero-order chi connectivity index (χ0) is 38.0. The van der Waals surface area contributed by atoms with Crippen molar-refractivity contribution in [3.05, 3.63) is 132 Å². The van der Waals surface area contributed by atoms with E-state index in [1.165, 1.54) is 120 Å². The second-order valence-corrected chi connectivity index (χ2v) is 20.6. The molecule has 2 nitrogen and oxygen atoms in total. The van der Waals surface area contributed by atoms with Gasteiger partial charge in [0, 0.05) is 25.0 Å². The van der Waals surface area contributed by atoms with Crippen molar-refractivity contribution in [1.29, 1.82) is 0 Å². The standard InChI is InChI=1S/C49H54O2S4/c1-3-5-7-9-11-19-33-49(34-20-12-10-8-6-4-2)43-35-37(45-29-31-47(52-45)54(50)39-21-15-13-16-22-39)25-27-41(43)42-28-26-38(36-44(42)49)46-30-32-48(53-46)55(51)40-23-17-14-18-24-40/h13-18,21-32,35-36H,3-12,19-20,33-34H2,1-2H3. The third kappa shape index (κ3) is 9.09. The van der Waals surface area contributed by atoms with Gasteiger partial charge in [0.15, 0.2) is 0 Å². The van der Waals surface area contributed by atoms with Gasteiger partial charge >= 0.3 is 0 Å².